The molecule has 100 valence electrons. The topological polar surface area (TPSA) is 43.1 Å². The standard InChI is InChI=1S/C17H12N4/c1-2-5-13(6-3-1)16-12-19-17-15(8-10-20-21(16)17)14-7-4-9-18-11-14/h1-12H. The largest absolute Gasteiger partial charge is 0.264 e. The van der Waals surface area contributed by atoms with E-state index in [1.54, 1.807) is 12.4 Å². The van der Waals surface area contributed by atoms with Crippen LogP contribution in [-0.4, -0.2) is 19.6 Å². The number of pyridine rings is 1. The second kappa shape index (κ2) is 4.83. The fraction of sp³-hybridized carbons (Fsp3) is 0. The van der Waals surface area contributed by atoms with Crippen LogP contribution < -0.4 is 0 Å². The molecule has 21 heavy (non-hydrogen) atoms. The van der Waals surface area contributed by atoms with Gasteiger partial charge in [0.25, 0.3) is 0 Å². The molecule has 4 aromatic rings. The first-order valence-corrected chi connectivity index (χ1v) is 6.72. The molecule has 0 spiro atoms. The number of imidazole rings is 1. The van der Waals surface area contributed by atoms with Gasteiger partial charge >= 0.3 is 0 Å². The average Bonchev–Trinajstić information content (AvgIpc) is 3.00. The summed E-state index contributed by atoms with van der Waals surface area (Å²) in [5.41, 5.74) is 4.98. The van der Waals surface area contributed by atoms with E-state index in [0.717, 1.165) is 28.0 Å². The molecule has 0 bridgehead atoms. The maximum atomic E-state index is 4.54. The number of aromatic nitrogens is 4. The molecule has 3 aromatic heterocycles. The van der Waals surface area contributed by atoms with Gasteiger partial charge in [0, 0.05) is 35.3 Å². The van der Waals surface area contributed by atoms with Crippen LogP contribution in [0.3, 0.4) is 0 Å². The fourth-order valence-corrected chi connectivity index (χ4v) is 2.45. The molecule has 0 N–H and O–H groups in total. The van der Waals surface area contributed by atoms with Gasteiger partial charge in [-0.15, -0.1) is 0 Å². The molecule has 3 heterocycles. The number of hydrogen-bond acceptors (Lipinski definition) is 3. The summed E-state index contributed by atoms with van der Waals surface area (Å²) in [6.45, 7) is 0. The van der Waals surface area contributed by atoms with E-state index in [4.69, 9.17) is 0 Å². The van der Waals surface area contributed by atoms with Crippen LogP contribution in [0.5, 0.6) is 0 Å². The molecule has 0 aliphatic heterocycles. The lowest BCUT2D eigenvalue weighted by Gasteiger charge is -2.04. The highest BCUT2D eigenvalue weighted by atomic mass is 15.3. The molecule has 0 radical (unpaired) electrons. The van der Waals surface area contributed by atoms with E-state index in [-0.39, 0.29) is 0 Å². The minimum Gasteiger partial charge on any atom is -0.264 e. The molecule has 0 aliphatic rings. The third-order valence-corrected chi connectivity index (χ3v) is 3.44. The van der Waals surface area contributed by atoms with Crippen LogP contribution >= 0.6 is 0 Å². The van der Waals surface area contributed by atoms with Crippen molar-refractivity contribution in [2.24, 2.45) is 0 Å². The molecular weight excluding hydrogens is 260 g/mol. The zero-order valence-corrected chi connectivity index (χ0v) is 11.2. The predicted molar refractivity (Wildman–Crippen MR) is 81.7 cm³/mol. The number of hydrogen-bond donors (Lipinski definition) is 0. The summed E-state index contributed by atoms with van der Waals surface area (Å²) in [4.78, 5) is 8.72. The Labute approximate surface area is 121 Å². The van der Waals surface area contributed by atoms with Gasteiger partial charge in [-0.3, -0.25) is 4.98 Å². The summed E-state index contributed by atoms with van der Waals surface area (Å²) in [7, 11) is 0. The molecule has 0 aliphatic carbocycles. The number of fused-ring (bicyclic) bond motifs is 1. The van der Waals surface area contributed by atoms with Gasteiger partial charge in [0.1, 0.15) is 0 Å². The van der Waals surface area contributed by atoms with Crippen molar-refractivity contribution >= 4 is 5.65 Å². The lowest BCUT2D eigenvalue weighted by molar-refractivity contribution is 0.944. The molecule has 0 saturated heterocycles. The highest BCUT2D eigenvalue weighted by Gasteiger charge is 2.11. The predicted octanol–water partition coefficient (Wildman–Crippen LogP) is 3.46. The van der Waals surface area contributed by atoms with Gasteiger partial charge in [-0.05, 0) is 12.1 Å². The van der Waals surface area contributed by atoms with Crippen molar-refractivity contribution in [3.8, 4) is 22.4 Å². The van der Waals surface area contributed by atoms with Crippen LogP contribution in [0.25, 0.3) is 28.0 Å². The normalized spacial score (nSPS) is 10.9. The first kappa shape index (κ1) is 11.8. The van der Waals surface area contributed by atoms with E-state index >= 15 is 0 Å². The Balaban J connectivity index is 1.96. The Kier molecular flexibility index (Phi) is 2.71. The Morgan fingerprint density at radius 1 is 0.762 bits per heavy atom. The first-order chi connectivity index (χ1) is 10.4. The average molecular weight is 272 g/mol. The summed E-state index contributed by atoms with van der Waals surface area (Å²) in [6.07, 6.45) is 7.26. The summed E-state index contributed by atoms with van der Waals surface area (Å²) in [5.74, 6) is 0. The Bertz CT molecular complexity index is 882. The highest BCUT2D eigenvalue weighted by Crippen LogP contribution is 2.26. The van der Waals surface area contributed by atoms with E-state index < -0.39 is 0 Å². The molecule has 0 unspecified atom stereocenters. The van der Waals surface area contributed by atoms with Crippen LogP contribution in [0, 0.1) is 0 Å². The molecular formula is C17H12N4. The van der Waals surface area contributed by atoms with Gasteiger partial charge in [-0.1, -0.05) is 36.4 Å². The third kappa shape index (κ3) is 1.97. The highest BCUT2D eigenvalue weighted by molar-refractivity contribution is 5.78. The van der Waals surface area contributed by atoms with Crippen molar-refractivity contribution in [2.75, 3.05) is 0 Å². The Morgan fingerprint density at radius 3 is 2.43 bits per heavy atom. The monoisotopic (exact) mass is 272 g/mol. The van der Waals surface area contributed by atoms with Crippen molar-refractivity contribution in [1.82, 2.24) is 19.6 Å². The van der Waals surface area contributed by atoms with Crippen molar-refractivity contribution in [1.29, 1.82) is 0 Å². The van der Waals surface area contributed by atoms with Gasteiger partial charge in [0.2, 0.25) is 0 Å². The van der Waals surface area contributed by atoms with Crippen molar-refractivity contribution in [2.45, 2.75) is 0 Å². The van der Waals surface area contributed by atoms with Crippen LogP contribution in [0.2, 0.25) is 0 Å². The first-order valence-electron chi connectivity index (χ1n) is 6.72. The number of benzene rings is 1. The molecule has 4 nitrogen and oxygen atoms in total. The van der Waals surface area contributed by atoms with Gasteiger partial charge in [0.15, 0.2) is 5.65 Å². The third-order valence-electron chi connectivity index (χ3n) is 3.44. The Morgan fingerprint density at radius 2 is 1.62 bits per heavy atom. The molecule has 1 aromatic carbocycles. The van der Waals surface area contributed by atoms with Crippen molar-refractivity contribution in [3.63, 3.8) is 0 Å². The lowest BCUT2D eigenvalue weighted by Crippen LogP contribution is -1.95. The quantitative estimate of drug-likeness (QED) is 0.561. The van der Waals surface area contributed by atoms with Crippen LogP contribution in [0.1, 0.15) is 0 Å². The van der Waals surface area contributed by atoms with Crippen molar-refractivity contribution < 1.29 is 0 Å². The fourth-order valence-electron chi connectivity index (χ4n) is 2.45. The van der Waals surface area contributed by atoms with Crippen LogP contribution in [-0.2, 0) is 0 Å². The second-order valence-corrected chi connectivity index (χ2v) is 4.73. The maximum absolute atomic E-state index is 4.54. The van der Waals surface area contributed by atoms with E-state index in [1.807, 2.05) is 53.3 Å². The van der Waals surface area contributed by atoms with Gasteiger partial charge < -0.3 is 0 Å². The minimum atomic E-state index is 0.837. The maximum Gasteiger partial charge on any atom is 0.162 e. The summed E-state index contributed by atoms with van der Waals surface area (Å²) < 4.78 is 1.87. The second-order valence-electron chi connectivity index (χ2n) is 4.73. The lowest BCUT2D eigenvalue weighted by atomic mass is 10.1. The summed E-state index contributed by atoms with van der Waals surface area (Å²) in [5, 5.41) is 4.44. The number of rotatable bonds is 2. The molecule has 0 fully saturated rings. The van der Waals surface area contributed by atoms with Crippen LogP contribution in [0.4, 0.5) is 0 Å². The zero-order valence-electron chi connectivity index (χ0n) is 11.2. The minimum absolute atomic E-state index is 0.837. The Hall–Kier alpha value is -3.01. The van der Waals surface area contributed by atoms with Gasteiger partial charge in [-0.25, -0.2) is 9.50 Å². The van der Waals surface area contributed by atoms with Crippen LogP contribution in [0.15, 0.2) is 73.3 Å². The smallest absolute Gasteiger partial charge is 0.162 e. The SMILES string of the molecule is c1ccc(-c2cnc3c(-c4cccnc4)ccnn23)cc1. The van der Waals surface area contributed by atoms with Crippen molar-refractivity contribution in [3.05, 3.63) is 73.3 Å². The molecule has 4 heteroatoms. The molecule has 4 rings (SSSR count). The van der Waals surface area contributed by atoms with E-state index in [1.165, 1.54) is 0 Å². The van der Waals surface area contributed by atoms with Gasteiger partial charge in [-0.2, -0.15) is 5.10 Å². The zero-order chi connectivity index (χ0) is 14.1. The molecule has 0 atom stereocenters. The van der Waals surface area contributed by atoms with E-state index in [0.29, 0.717) is 0 Å². The molecule has 0 amide bonds. The summed E-state index contributed by atoms with van der Waals surface area (Å²) in [6, 6.07) is 16.1. The van der Waals surface area contributed by atoms with Gasteiger partial charge in [0.05, 0.1) is 11.9 Å². The summed E-state index contributed by atoms with van der Waals surface area (Å²) >= 11 is 0. The number of nitrogens with zero attached hydrogens (tertiary/aromatic N) is 4. The van der Waals surface area contributed by atoms with E-state index in [9.17, 15) is 0 Å². The van der Waals surface area contributed by atoms with E-state index in [2.05, 4.69) is 27.2 Å². The molecule has 0 saturated carbocycles.